The molecule has 1 saturated heterocycles. The van der Waals surface area contributed by atoms with Crippen LogP contribution in [0, 0.1) is 6.92 Å². The highest BCUT2D eigenvalue weighted by Crippen LogP contribution is 2.21. The maximum Gasteiger partial charge on any atom is 0.215 e. The predicted octanol–water partition coefficient (Wildman–Crippen LogP) is 1.79. The van der Waals surface area contributed by atoms with E-state index in [0.717, 1.165) is 17.1 Å². The lowest BCUT2D eigenvalue weighted by atomic mass is 10.2. The van der Waals surface area contributed by atoms with Crippen molar-refractivity contribution >= 4 is 39.2 Å². The zero-order valence-electron chi connectivity index (χ0n) is 12.8. The molecule has 1 N–H and O–H groups in total. The first-order valence-electron chi connectivity index (χ1n) is 7.26. The quantitative estimate of drug-likeness (QED) is 0.775. The number of rotatable bonds is 6. The monoisotopic (exact) mass is 364 g/mol. The van der Waals surface area contributed by atoms with Crippen molar-refractivity contribution in [2.75, 3.05) is 42.2 Å². The second-order valence-electron chi connectivity index (χ2n) is 5.00. The summed E-state index contributed by atoms with van der Waals surface area (Å²) in [6.07, 6.45) is 0.692. The number of nitrogens with zero attached hydrogens (tertiary/aromatic N) is 3. The molecular weight excluding hydrogens is 344 g/mol. The van der Waals surface area contributed by atoms with E-state index < -0.39 is 10.0 Å². The summed E-state index contributed by atoms with van der Waals surface area (Å²) in [7, 11) is -3.21. The van der Waals surface area contributed by atoms with E-state index in [9.17, 15) is 8.42 Å². The molecule has 0 unspecified atom stereocenters. The van der Waals surface area contributed by atoms with Gasteiger partial charge in [-0.05, 0) is 13.3 Å². The second-order valence-corrected chi connectivity index (χ2v) is 8.67. The Labute approximate surface area is 141 Å². The lowest BCUT2D eigenvalue weighted by Crippen LogP contribution is -2.40. The van der Waals surface area contributed by atoms with Gasteiger partial charge in [0.05, 0.1) is 5.75 Å². The van der Waals surface area contributed by atoms with E-state index in [0.29, 0.717) is 42.9 Å². The first-order chi connectivity index (χ1) is 10.4. The number of hydrogen-bond donors (Lipinski definition) is 1. The number of sulfonamides is 1. The molecule has 9 heteroatoms. The van der Waals surface area contributed by atoms with Gasteiger partial charge in [-0.1, -0.05) is 18.5 Å². The first-order valence-corrected chi connectivity index (χ1v) is 10.4. The fraction of sp³-hybridized carbons (Fsp3) is 0.692. The van der Waals surface area contributed by atoms with Crippen molar-refractivity contribution < 1.29 is 8.42 Å². The normalized spacial score (nSPS) is 16.7. The lowest BCUT2D eigenvalue weighted by Gasteiger charge is -2.25. The molecule has 0 radical (unpaired) electrons. The maximum atomic E-state index is 12.3. The highest BCUT2D eigenvalue weighted by molar-refractivity contribution is 7.99. The van der Waals surface area contributed by atoms with E-state index in [2.05, 4.69) is 15.3 Å². The number of thioether (sulfide) groups is 1. The molecule has 0 spiro atoms. The van der Waals surface area contributed by atoms with Crippen molar-refractivity contribution in [3.05, 3.63) is 16.5 Å². The number of aryl methyl sites for hydroxylation is 1. The maximum absolute atomic E-state index is 12.3. The fourth-order valence-corrected chi connectivity index (χ4v) is 5.11. The van der Waals surface area contributed by atoms with Crippen LogP contribution in [-0.2, 0) is 16.4 Å². The molecule has 1 aromatic heterocycles. The number of aromatic nitrogens is 2. The minimum atomic E-state index is -3.21. The lowest BCUT2D eigenvalue weighted by molar-refractivity contribution is 0.444. The van der Waals surface area contributed by atoms with Crippen LogP contribution in [0.1, 0.15) is 18.3 Å². The van der Waals surface area contributed by atoms with Gasteiger partial charge in [0.1, 0.15) is 16.8 Å². The van der Waals surface area contributed by atoms with Gasteiger partial charge in [0, 0.05) is 36.7 Å². The summed E-state index contributed by atoms with van der Waals surface area (Å²) < 4.78 is 26.1. The molecule has 0 amide bonds. The van der Waals surface area contributed by atoms with E-state index in [1.165, 1.54) is 0 Å². The molecule has 2 rings (SSSR count). The zero-order chi connectivity index (χ0) is 16.2. The Morgan fingerprint density at radius 1 is 1.32 bits per heavy atom. The molecule has 1 aliphatic rings. The summed E-state index contributed by atoms with van der Waals surface area (Å²) in [5.41, 5.74) is 0.819. The van der Waals surface area contributed by atoms with Crippen LogP contribution < -0.4 is 5.32 Å². The van der Waals surface area contributed by atoms with Gasteiger partial charge in [-0.2, -0.15) is 11.8 Å². The third-order valence-electron chi connectivity index (χ3n) is 3.44. The van der Waals surface area contributed by atoms with Gasteiger partial charge in [0.25, 0.3) is 0 Å². The summed E-state index contributed by atoms with van der Waals surface area (Å²) in [6.45, 7) is 5.24. The van der Waals surface area contributed by atoms with Crippen LogP contribution >= 0.6 is 23.4 Å². The Morgan fingerprint density at radius 2 is 2.00 bits per heavy atom. The van der Waals surface area contributed by atoms with Crippen LogP contribution in [-0.4, -0.2) is 59.6 Å². The zero-order valence-corrected chi connectivity index (χ0v) is 15.2. The van der Waals surface area contributed by atoms with E-state index in [1.54, 1.807) is 23.0 Å². The number of anilines is 1. The largest absolute Gasteiger partial charge is 0.369 e. The highest BCUT2D eigenvalue weighted by atomic mass is 35.5. The summed E-state index contributed by atoms with van der Waals surface area (Å²) in [6, 6.07) is 0. The molecule has 1 fully saturated rings. The SMILES string of the molecule is CCc1c(Cl)nc(C)nc1NCCS(=O)(=O)N1CCSCC1. The average molecular weight is 365 g/mol. The molecule has 0 aliphatic carbocycles. The number of hydrogen-bond acceptors (Lipinski definition) is 6. The predicted molar refractivity (Wildman–Crippen MR) is 92.3 cm³/mol. The molecule has 0 saturated carbocycles. The first kappa shape index (κ1) is 17.8. The molecule has 124 valence electrons. The second kappa shape index (κ2) is 7.81. The Bertz CT molecular complexity index is 619. The standard InChI is InChI=1S/C13H21ClN4O2S2/c1-3-11-12(14)16-10(2)17-13(11)15-4-9-22(19,20)18-5-7-21-8-6-18/h3-9H2,1-2H3,(H,15,16,17). The summed E-state index contributed by atoms with van der Waals surface area (Å²) in [4.78, 5) is 8.44. The molecule has 2 heterocycles. The van der Waals surface area contributed by atoms with Gasteiger partial charge < -0.3 is 5.32 Å². The van der Waals surface area contributed by atoms with E-state index >= 15 is 0 Å². The van der Waals surface area contributed by atoms with Crippen LogP contribution in [0.2, 0.25) is 5.15 Å². The Morgan fingerprint density at radius 3 is 2.64 bits per heavy atom. The van der Waals surface area contributed by atoms with Crippen molar-refractivity contribution in [1.29, 1.82) is 0 Å². The Balaban J connectivity index is 1.98. The number of nitrogens with one attached hydrogen (secondary N) is 1. The highest BCUT2D eigenvalue weighted by Gasteiger charge is 2.23. The smallest absolute Gasteiger partial charge is 0.215 e. The Hall–Kier alpha value is -0.570. The van der Waals surface area contributed by atoms with Gasteiger partial charge in [-0.15, -0.1) is 0 Å². The molecule has 1 aliphatic heterocycles. The summed E-state index contributed by atoms with van der Waals surface area (Å²) in [5, 5.41) is 3.52. The van der Waals surface area contributed by atoms with E-state index in [1.807, 2.05) is 6.92 Å². The van der Waals surface area contributed by atoms with Crippen LogP contribution in [0.15, 0.2) is 0 Å². The van der Waals surface area contributed by atoms with Crippen molar-refractivity contribution in [3.8, 4) is 0 Å². The van der Waals surface area contributed by atoms with E-state index in [4.69, 9.17) is 11.6 Å². The van der Waals surface area contributed by atoms with E-state index in [-0.39, 0.29) is 5.75 Å². The van der Waals surface area contributed by atoms with Crippen LogP contribution in [0.5, 0.6) is 0 Å². The van der Waals surface area contributed by atoms with Gasteiger partial charge >= 0.3 is 0 Å². The minimum Gasteiger partial charge on any atom is -0.369 e. The molecule has 1 aromatic rings. The minimum absolute atomic E-state index is 0.0570. The van der Waals surface area contributed by atoms with Crippen molar-refractivity contribution in [2.24, 2.45) is 0 Å². The molecule has 0 aromatic carbocycles. The van der Waals surface area contributed by atoms with Gasteiger partial charge in [0.2, 0.25) is 10.0 Å². The van der Waals surface area contributed by atoms with Gasteiger partial charge in [0.15, 0.2) is 0 Å². The van der Waals surface area contributed by atoms with Crippen LogP contribution in [0.3, 0.4) is 0 Å². The van der Waals surface area contributed by atoms with Crippen LogP contribution in [0.25, 0.3) is 0 Å². The summed E-state index contributed by atoms with van der Waals surface area (Å²) in [5.74, 6) is 2.99. The van der Waals surface area contributed by atoms with Crippen molar-refractivity contribution in [1.82, 2.24) is 14.3 Å². The van der Waals surface area contributed by atoms with Gasteiger partial charge in [-0.3, -0.25) is 0 Å². The third-order valence-corrected chi connectivity index (χ3v) is 6.56. The van der Waals surface area contributed by atoms with Crippen molar-refractivity contribution in [3.63, 3.8) is 0 Å². The van der Waals surface area contributed by atoms with Gasteiger partial charge in [-0.25, -0.2) is 22.7 Å². The summed E-state index contributed by atoms with van der Waals surface area (Å²) >= 11 is 7.90. The number of halogens is 1. The third kappa shape index (κ3) is 4.47. The molecule has 22 heavy (non-hydrogen) atoms. The topological polar surface area (TPSA) is 75.2 Å². The molecule has 0 bridgehead atoms. The molecule has 6 nitrogen and oxygen atoms in total. The average Bonchev–Trinajstić information content (AvgIpc) is 2.47. The molecule has 0 atom stereocenters. The Kier molecular flexibility index (Phi) is 6.31. The van der Waals surface area contributed by atoms with Crippen LogP contribution in [0.4, 0.5) is 5.82 Å². The molecular formula is C13H21ClN4O2S2. The fourth-order valence-electron chi connectivity index (χ4n) is 2.27. The van der Waals surface area contributed by atoms with Crippen molar-refractivity contribution in [2.45, 2.75) is 20.3 Å².